The Balaban J connectivity index is 1.35. The molecule has 0 atom stereocenters. The molecule has 3 aromatic rings. The van der Waals surface area contributed by atoms with E-state index in [0.29, 0.717) is 31.5 Å². The van der Waals surface area contributed by atoms with Crippen LogP contribution in [0.1, 0.15) is 34.3 Å². The lowest BCUT2D eigenvalue weighted by molar-refractivity contribution is -0.121. The zero-order chi connectivity index (χ0) is 21.6. The summed E-state index contributed by atoms with van der Waals surface area (Å²) < 4.78 is 13.1. The van der Waals surface area contributed by atoms with Crippen LogP contribution < -0.4 is 5.32 Å². The Morgan fingerprint density at radius 3 is 2.23 bits per heavy atom. The van der Waals surface area contributed by atoms with Gasteiger partial charge in [0.15, 0.2) is 0 Å². The molecule has 1 fully saturated rings. The maximum absolute atomic E-state index is 13.1. The van der Waals surface area contributed by atoms with E-state index in [-0.39, 0.29) is 23.5 Å². The maximum atomic E-state index is 13.1. The third-order valence-corrected chi connectivity index (χ3v) is 5.76. The molecule has 4 rings (SSSR count). The minimum absolute atomic E-state index is 0.00519. The predicted molar refractivity (Wildman–Crippen MR) is 119 cm³/mol. The molecule has 1 heterocycles. The van der Waals surface area contributed by atoms with Crippen LogP contribution in [-0.2, 0) is 11.2 Å². The highest BCUT2D eigenvalue weighted by atomic mass is 19.1. The van der Waals surface area contributed by atoms with Gasteiger partial charge in [0.1, 0.15) is 5.82 Å². The van der Waals surface area contributed by atoms with Gasteiger partial charge in [-0.05, 0) is 60.7 Å². The molecule has 158 valence electrons. The standard InChI is InChI=1S/C26H25FN2O2/c27-23-12-10-21(11-13-23)26(31)29-16-14-20(15-17-29)25(30)28-24-9-5-4-8-22(24)18-19-6-2-1-3-7-19/h1-13,20H,14-18H2,(H,28,30). The molecule has 0 unspecified atom stereocenters. The summed E-state index contributed by atoms with van der Waals surface area (Å²) in [7, 11) is 0. The van der Waals surface area contributed by atoms with Crippen molar-refractivity contribution in [2.24, 2.45) is 5.92 Å². The summed E-state index contributed by atoms with van der Waals surface area (Å²) in [6.07, 6.45) is 1.97. The molecule has 0 aliphatic carbocycles. The highest BCUT2D eigenvalue weighted by Gasteiger charge is 2.28. The van der Waals surface area contributed by atoms with Crippen molar-refractivity contribution in [2.45, 2.75) is 19.3 Å². The Morgan fingerprint density at radius 1 is 0.871 bits per heavy atom. The molecule has 3 aromatic carbocycles. The number of carbonyl (C=O) groups is 2. The van der Waals surface area contributed by atoms with Crippen LogP contribution in [-0.4, -0.2) is 29.8 Å². The first-order chi connectivity index (χ1) is 15.1. The summed E-state index contributed by atoms with van der Waals surface area (Å²) in [4.78, 5) is 27.2. The van der Waals surface area contributed by atoms with Gasteiger partial charge in [0, 0.05) is 30.3 Å². The third kappa shape index (κ3) is 5.18. The number of nitrogens with one attached hydrogen (secondary N) is 1. The molecule has 0 saturated carbocycles. The summed E-state index contributed by atoms with van der Waals surface area (Å²) >= 11 is 0. The van der Waals surface area contributed by atoms with E-state index in [0.717, 1.165) is 17.7 Å². The number of piperidine rings is 1. The number of amides is 2. The highest BCUT2D eigenvalue weighted by Crippen LogP contribution is 2.24. The zero-order valence-electron chi connectivity index (χ0n) is 17.3. The summed E-state index contributed by atoms with van der Waals surface area (Å²) in [6, 6.07) is 23.6. The summed E-state index contributed by atoms with van der Waals surface area (Å²) in [5, 5.41) is 3.10. The number of hydrogen-bond acceptors (Lipinski definition) is 2. The van der Waals surface area contributed by atoms with Gasteiger partial charge in [-0.3, -0.25) is 9.59 Å². The van der Waals surface area contributed by atoms with Gasteiger partial charge < -0.3 is 10.2 Å². The number of para-hydroxylation sites is 1. The molecule has 0 aromatic heterocycles. The minimum Gasteiger partial charge on any atom is -0.339 e. The summed E-state index contributed by atoms with van der Waals surface area (Å²) in [6.45, 7) is 1.03. The van der Waals surface area contributed by atoms with Gasteiger partial charge in [0.2, 0.25) is 5.91 Å². The number of likely N-dealkylation sites (tertiary alicyclic amines) is 1. The molecule has 31 heavy (non-hydrogen) atoms. The average Bonchev–Trinajstić information content (AvgIpc) is 2.81. The van der Waals surface area contributed by atoms with Crippen LogP contribution in [0.5, 0.6) is 0 Å². The van der Waals surface area contributed by atoms with Gasteiger partial charge >= 0.3 is 0 Å². The molecular formula is C26H25FN2O2. The quantitative estimate of drug-likeness (QED) is 0.643. The molecule has 5 heteroatoms. The first kappa shape index (κ1) is 20.8. The number of halogens is 1. The van der Waals surface area contributed by atoms with Crippen LogP contribution in [0.15, 0.2) is 78.9 Å². The first-order valence-corrected chi connectivity index (χ1v) is 10.6. The van der Waals surface area contributed by atoms with Crippen molar-refractivity contribution in [1.29, 1.82) is 0 Å². The molecule has 4 nitrogen and oxygen atoms in total. The Bertz CT molecular complexity index is 1040. The lowest BCUT2D eigenvalue weighted by Crippen LogP contribution is -2.41. The molecule has 1 N–H and O–H groups in total. The van der Waals surface area contributed by atoms with Crippen molar-refractivity contribution in [3.8, 4) is 0 Å². The Morgan fingerprint density at radius 2 is 1.52 bits per heavy atom. The zero-order valence-corrected chi connectivity index (χ0v) is 17.3. The van der Waals surface area contributed by atoms with E-state index < -0.39 is 0 Å². The summed E-state index contributed by atoms with van der Waals surface area (Å²) in [5.74, 6) is -0.622. The van der Waals surface area contributed by atoms with Gasteiger partial charge in [0.25, 0.3) is 5.91 Å². The van der Waals surface area contributed by atoms with E-state index in [2.05, 4.69) is 17.4 Å². The number of rotatable bonds is 5. The number of anilines is 1. The van der Waals surface area contributed by atoms with E-state index in [1.165, 1.54) is 29.8 Å². The molecular weight excluding hydrogens is 391 g/mol. The average molecular weight is 416 g/mol. The molecule has 1 aliphatic heterocycles. The van der Waals surface area contributed by atoms with E-state index >= 15 is 0 Å². The Kier molecular flexibility index (Phi) is 6.41. The molecule has 0 bridgehead atoms. The minimum atomic E-state index is -0.362. The van der Waals surface area contributed by atoms with E-state index in [1.807, 2.05) is 42.5 Å². The van der Waals surface area contributed by atoms with Gasteiger partial charge in [-0.1, -0.05) is 48.5 Å². The fourth-order valence-corrected chi connectivity index (χ4v) is 3.97. The van der Waals surface area contributed by atoms with Crippen molar-refractivity contribution in [1.82, 2.24) is 4.90 Å². The van der Waals surface area contributed by atoms with Crippen LogP contribution in [0.2, 0.25) is 0 Å². The second kappa shape index (κ2) is 9.56. The van der Waals surface area contributed by atoms with Crippen molar-refractivity contribution < 1.29 is 14.0 Å². The van der Waals surface area contributed by atoms with Crippen molar-refractivity contribution in [3.63, 3.8) is 0 Å². The monoisotopic (exact) mass is 416 g/mol. The van der Waals surface area contributed by atoms with Crippen LogP contribution in [0.25, 0.3) is 0 Å². The summed E-state index contributed by atoms with van der Waals surface area (Å²) in [5.41, 5.74) is 3.57. The highest BCUT2D eigenvalue weighted by molar-refractivity contribution is 5.95. The van der Waals surface area contributed by atoms with E-state index in [9.17, 15) is 14.0 Å². The predicted octanol–water partition coefficient (Wildman–Crippen LogP) is 4.91. The molecule has 1 saturated heterocycles. The third-order valence-electron chi connectivity index (χ3n) is 5.76. The number of hydrogen-bond donors (Lipinski definition) is 1. The lowest BCUT2D eigenvalue weighted by atomic mass is 9.95. The molecule has 0 spiro atoms. The second-order valence-electron chi connectivity index (χ2n) is 7.88. The molecule has 2 amide bonds. The fraction of sp³-hybridized carbons (Fsp3) is 0.231. The SMILES string of the molecule is O=C(Nc1ccccc1Cc1ccccc1)C1CCN(C(=O)c2ccc(F)cc2)CC1. The van der Waals surface area contributed by atoms with Gasteiger partial charge in [-0.25, -0.2) is 4.39 Å². The second-order valence-corrected chi connectivity index (χ2v) is 7.88. The lowest BCUT2D eigenvalue weighted by Gasteiger charge is -2.31. The van der Waals surface area contributed by atoms with E-state index in [1.54, 1.807) is 4.90 Å². The fourth-order valence-electron chi connectivity index (χ4n) is 3.97. The number of nitrogens with zero attached hydrogens (tertiary/aromatic N) is 1. The van der Waals surface area contributed by atoms with Gasteiger partial charge in [-0.2, -0.15) is 0 Å². The topological polar surface area (TPSA) is 49.4 Å². The Labute approximate surface area is 181 Å². The normalized spacial score (nSPS) is 14.3. The number of benzene rings is 3. The molecule has 1 aliphatic rings. The van der Waals surface area contributed by atoms with Crippen LogP contribution in [0.4, 0.5) is 10.1 Å². The Hall–Kier alpha value is -3.47. The largest absolute Gasteiger partial charge is 0.339 e. The smallest absolute Gasteiger partial charge is 0.253 e. The van der Waals surface area contributed by atoms with Crippen LogP contribution >= 0.6 is 0 Å². The van der Waals surface area contributed by atoms with Gasteiger partial charge in [-0.15, -0.1) is 0 Å². The maximum Gasteiger partial charge on any atom is 0.253 e. The van der Waals surface area contributed by atoms with Crippen molar-refractivity contribution in [3.05, 3.63) is 101 Å². The van der Waals surface area contributed by atoms with E-state index in [4.69, 9.17) is 0 Å². The van der Waals surface area contributed by atoms with Crippen LogP contribution in [0, 0.1) is 11.7 Å². The first-order valence-electron chi connectivity index (χ1n) is 10.6. The van der Waals surface area contributed by atoms with Crippen molar-refractivity contribution >= 4 is 17.5 Å². The van der Waals surface area contributed by atoms with Gasteiger partial charge in [0.05, 0.1) is 0 Å². The molecule has 0 radical (unpaired) electrons. The van der Waals surface area contributed by atoms with Crippen LogP contribution in [0.3, 0.4) is 0 Å². The number of carbonyl (C=O) groups excluding carboxylic acids is 2. The van der Waals surface area contributed by atoms with Crippen molar-refractivity contribution in [2.75, 3.05) is 18.4 Å².